The van der Waals surface area contributed by atoms with Gasteiger partial charge in [-0.3, -0.25) is 0 Å². The van der Waals surface area contributed by atoms with Gasteiger partial charge >= 0.3 is 0 Å². The van der Waals surface area contributed by atoms with E-state index in [2.05, 4.69) is 31.8 Å². The average Bonchev–Trinajstić information content (AvgIpc) is 2.94. The van der Waals surface area contributed by atoms with Gasteiger partial charge in [-0.15, -0.1) is 5.11 Å². The highest BCUT2D eigenvalue weighted by Gasteiger charge is 2.29. The lowest BCUT2D eigenvalue weighted by Gasteiger charge is -2.32. The van der Waals surface area contributed by atoms with Gasteiger partial charge in [0, 0.05) is 25.0 Å². The zero-order valence-electron chi connectivity index (χ0n) is 10.1. The molecule has 1 atom stereocenters. The van der Waals surface area contributed by atoms with E-state index in [1.807, 2.05) is 18.4 Å². The second-order valence-electron chi connectivity index (χ2n) is 4.31. The molecule has 0 saturated heterocycles. The van der Waals surface area contributed by atoms with Crippen LogP contribution in [0.3, 0.4) is 0 Å². The van der Waals surface area contributed by atoms with Gasteiger partial charge in [0.15, 0.2) is 5.82 Å². The average molecular weight is 280 g/mol. The summed E-state index contributed by atoms with van der Waals surface area (Å²) in [5.74, 6) is 5.65. The maximum Gasteiger partial charge on any atom is 0.151 e. The molecule has 8 heteroatoms. The van der Waals surface area contributed by atoms with Gasteiger partial charge in [0.2, 0.25) is 0 Å². The Morgan fingerprint density at radius 3 is 2.95 bits per heavy atom. The van der Waals surface area contributed by atoms with Gasteiger partial charge < -0.3 is 21.9 Å². The molecule has 3 heterocycles. The molecule has 0 fully saturated rings. The summed E-state index contributed by atoms with van der Waals surface area (Å²) in [4.78, 5) is 0. The smallest absolute Gasteiger partial charge is 0.151 e. The SMILES string of the molecule is NN=NC1=CC=C2NCC(C3=CNNC3)=C(Cl)C2N1. The van der Waals surface area contributed by atoms with Gasteiger partial charge in [0.05, 0.1) is 5.03 Å². The number of allylic oxidation sites excluding steroid dienone is 2. The highest BCUT2D eigenvalue weighted by molar-refractivity contribution is 6.31. The van der Waals surface area contributed by atoms with Crippen LogP contribution in [0.1, 0.15) is 0 Å². The molecule has 0 aromatic carbocycles. The van der Waals surface area contributed by atoms with Crippen LogP contribution in [-0.2, 0) is 0 Å². The molecular formula is C11H14ClN7. The van der Waals surface area contributed by atoms with Crippen LogP contribution in [0.25, 0.3) is 0 Å². The van der Waals surface area contributed by atoms with E-state index in [0.717, 1.165) is 28.4 Å². The number of halogens is 1. The van der Waals surface area contributed by atoms with E-state index in [-0.39, 0.29) is 6.04 Å². The Morgan fingerprint density at radius 2 is 2.21 bits per heavy atom. The first-order valence-corrected chi connectivity index (χ1v) is 6.27. The summed E-state index contributed by atoms with van der Waals surface area (Å²) in [7, 11) is 0. The molecule has 100 valence electrons. The van der Waals surface area contributed by atoms with Crippen molar-refractivity contribution in [2.45, 2.75) is 6.04 Å². The first-order valence-electron chi connectivity index (χ1n) is 5.89. The number of nitrogens with zero attached hydrogens (tertiary/aromatic N) is 2. The molecule has 19 heavy (non-hydrogen) atoms. The Balaban J connectivity index is 1.90. The molecule has 0 aromatic heterocycles. The fourth-order valence-electron chi connectivity index (χ4n) is 2.27. The Labute approximate surface area is 115 Å². The van der Waals surface area contributed by atoms with Crippen LogP contribution in [0.2, 0.25) is 0 Å². The predicted molar refractivity (Wildman–Crippen MR) is 72.2 cm³/mol. The maximum atomic E-state index is 6.51. The predicted octanol–water partition coefficient (Wildman–Crippen LogP) is 0.0972. The monoisotopic (exact) mass is 279 g/mol. The second kappa shape index (κ2) is 4.94. The molecule has 0 bridgehead atoms. The minimum absolute atomic E-state index is 0.127. The summed E-state index contributed by atoms with van der Waals surface area (Å²) in [6, 6.07) is -0.127. The lowest BCUT2D eigenvalue weighted by atomic mass is 9.97. The highest BCUT2D eigenvalue weighted by atomic mass is 35.5. The van der Waals surface area contributed by atoms with E-state index in [1.165, 1.54) is 0 Å². The summed E-state index contributed by atoms with van der Waals surface area (Å²) in [5, 5.41) is 14.4. The summed E-state index contributed by atoms with van der Waals surface area (Å²) in [6.45, 7) is 1.46. The number of nitrogens with one attached hydrogen (secondary N) is 4. The van der Waals surface area contributed by atoms with Gasteiger partial charge in [0.1, 0.15) is 6.04 Å². The van der Waals surface area contributed by atoms with Crippen molar-refractivity contribution in [3.63, 3.8) is 0 Å². The zero-order valence-corrected chi connectivity index (χ0v) is 10.8. The van der Waals surface area contributed by atoms with E-state index in [4.69, 9.17) is 17.4 Å². The lowest BCUT2D eigenvalue weighted by molar-refractivity contribution is 0.620. The first kappa shape index (κ1) is 12.1. The highest BCUT2D eigenvalue weighted by Crippen LogP contribution is 2.30. The van der Waals surface area contributed by atoms with Gasteiger partial charge in [0.25, 0.3) is 0 Å². The molecule has 0 amide bonds. The molecule has 3 rings (SSSR count). The Morgan fingerprint density at radius 1 is 1.32 bits per heavy atom. The van der Waals surface area contributed by atoms with Crippen molar-refractivity contribution in [3.05, 3.63) is 46.0 Å². The molecule has 3 aliphatic heterocycles. The van der Waals surface area contributed by atoms with Gasteiger partial charge in [-0.2, -0.15) is 0 Å². The molecule has 0 spiro atoms. The molecule has 7 nitrogen and oxygen atoms in total. The Kier molecular flexibility index (Phi) is 3.14. The number of hydrazine groups is 1. The maximum absolute atomic E-state index is 6.51. The molecule has 0 saturated carbocycles. The number of fused-ring (bicyclic) bond motifs is 1. The minimum Gasteiger partial charge on any atom is -0.382 e. The van der Waals surface area contributed by atoms with Crippen LogP contribution in [-0.4, -0.2) is 19.1 Å². The van der Waals surface area contributed by atoms with Crippen LogP contribution < -0.4 is 27.3 Å². The molecule has 1 unspecified atom stereocenters. The number of hydrogen-bond acceptors (Lipinski definition) is 6. The molecule has 0 aromatic rings. The largest absolute Gasteiger partial charge is 0.382 e. The van der Waals surface area contributed by atoms with E-state index >= 15 is 0 Å². The van der Waals surface area contributed by atoms with Crippen LogP contribution in [0.4, 0.5) is 0 Å². The summed E-state index contributed by atoms with van der Waals surface area (Å²) in [6.07, 6.45) is 5.67. The van der Waals surface area contributed by atoms with Gasteiger partial charge in [-0.25, -0.2) is 5.43 Å². The number of rotatable bonds is 2. The normalized spacial score (nSPS) is 25.9. The first-order chi connectivity index (χ1) is 9.29. The fraction of sp³-hybridized carbons (Fsp3) is 0.273. The van der Waals surface area contributed by atoms with Crippen molar-refractivity contribution >= 4 is 11.6 Å². The molecule has 0 aliphatic carbocycles. The molecule has 6 N–H and O–H groups in total. The van der Waals surface area contributed by atoms with Crippen molar-refractivity contribution in [2.24, 2.45) is 16.2 Å². The van der Waals surface area contributed by atoms with Gasteiger partial charge in [-0.1, -0.05) is 16.8 Å². The Bertz CT molecular complexity index is 543. The van der Waals surface area contributed by atoms with Crippen LogP contribution in [0.5, 0.6) is 0 Å². The van der Waals surface area contributed by atoms with Crippen LogP contribution in [0, 0.1) is 0 Å². The van der Waals surface area contributed by atoms with Crippen molar-refractivity contribution < 1.29 is 0 Å². The topological polar surface area (TPSA) is 98.9 Å². The Hall–Kier alpha value is -1.99. The zero-order chi connectivity index (χ0) is 13.2. The third-order valence-corrected chi connectivity index (χ3v) is 3.66. The standard InChI is InChI=1S/C11H14ClN7/c12-10-7(6-3-15-16-4-6)5-14-8-1-2-9(18-19-13)17-11(8)10/h1-3,11,14-17H,4-5H2,(H2,13,18). The van der Waals surface area contributed by atoms with Gasteiger partial charge in [-0.05, 0) is 23.3 Å². The molecule has 3 aliphatic rings. The van der Waals surface area contributed by atoms with Crippen molar-refractivity contribution in [3.8, 4) is 0 Å². The molecular weight excluding hydrogens is 266 g/mol. The quantitative estimate of drug-likeness (QED) is 0.280. The third-order valence-electron chi connectivity index (χ3n) is 3.22. The molecule has 0 radical (unpaired) electrons. The van der Waals surface area contributed by atoms with E-state index < -0.39 is 0 Å². The summed E-state index contributed by atoms with van der Waals surface area (Å²) >= 11 is 6.51. The lowest BCUT2D eigenvalue weighted by Crippen LogP contribution is -2.43. The minimum atomic E-state index is -0.127. The van der Waals surface area contributed by atoms with Crippen molar-refractivity contribution in [1.82, 2.24) is 21.5 Å². The van der Waals surface area contributed by atoms with Crippen molar-refractivity contribution in [2.75, 3.05) is 13.1 Å². The number of dihydropyridines is 1. The van der Waals surface area contributed by atoms with E-state index in [0.29, 0.717) is 12.4 Å². The number of hydrogen-bond donors (Lipinski definition) is 5. The summed E-state index contributed by atoms with van der Waals surface area (Å²) < 4.78 is 0. The van der Waals surface area contributed by atoms with Crippen LogP contribution in [0.15, 0.2) is 56.4 Å². The fourth-order valence-corrected chi connectivity index (χ4v) is 2.63. The third kappa shape index (κ3) is 2.18. The van der Waals surface area contributed by atoms with Crippen molar-refractivity contribution in [1.29, 1.82) is 0 Å². The summed E-state index contributed by atoms with van der Waals surface area (Å²) in [5.41, 5.74) is 9.24. The van der Waals surface area contributed by atoms with E-state index in [9.17, 15) is 0 Å². The van der Waals surface area contributed by atoms with E-state index in [1.54, 1.807) is 0 Å². The van der Waals surface area contributed by atoms with Crippen LogP contribution >= 0.6 is 11.6 Å². The number of nitrogens with two attached hydrogens (primary N) is 1. The second-order valence-corrected chi connectivity index (χ2v) is 4.72.